The number of imidazole rings is 1. The van der Waals surface area contributed by atoms with E-state index >= 15 is 0 Å². The van der Waals surface area contributed by atoms with Crippen molar-refractivity contribution in [2.24, 2.45) is 0 Å². The largest absolute Gasteiger partial charge is 0.348 e. The molecular formula is C22H32N10O. The van der Waals surface area contributed by atoms with Crippen LogP contribution in [0.4, 0.5) is 17.5 Å². The highest BCUT2D eigenvalue weighted by Crippen LogP contribution is 2.28. The maximum atomic E-state index is 11.7. The van der Waals surface area contributed by atoms with Crippen LogP contribution < -0.4 is 15.5 Å². The maximum Gasteiger partial charge on any atom is 0.243 e. The molecule has 176 valence electrons. The van der Waals surface area contributed by atoms with Gasteiger partial charge < -0.3 is 25.0 Å². The average molecular weight is 453 g/mol. The standard InChI is InChI=1S/C22H32N10O/c1-6-18(33)25-16-7-8-30(12-16)22-27-20(19-21(28-22)32(14-23-19)15(2)3)26-17-11-24-31(13-17)10-9-29(4)5/h6,11,13-16H,1,7-10,12H2,2-5H3,(H,25,33)(H,26,27,28)/t16-/m0/s1. The van der Waals surface area contributed by atoms with Gasteiger partial charge in [-0.05, 0) is 40.4 Å². The van der Waals surface area contributed by atoms with Crippen LogP contribution in [0.15, 0.2) is 31.4 Å². The molecule has 1 amide bonds. The second-order valence-electron chi connectivity index (χ2n) is 8.85. The number of nitrogens with zero attached hydrogens (tertiary/aromatic N) is 8. The summed E-state index contributed by atoms with van der Waals surface area (Å²) < 4.78 is 3.95. The molecule has 1 saturated heterocycles. The van der Waals surface area contributed by atoms with E-state index in [0.717, 1.165) is 37.4 Å². The van der Waals surface area contributed by atoms with Crippen molar-refractivity contribution in [3.63, 3.8) is 0 Å². The van der Waals surface area contributed by atoms with Crippen LogP contribution in [0.3, 0.4) is 0 Å². The van der Waals surface area contributed by atoms with Gasteiger partial charge in [0.1, 0.15) is 0 Å². The van der Waals surface area contributed by atoms with Gasteiger partial charge in [-0.2, -0.15) is 15.1 Å². The molecular weight excluding hydrogens is 420 g/mol. The van der Waals surface area contributed by atoms with Gasteiger partial charge in [0.25, 0.3) is 0 Å². The Balaban J connectivity index is 1.62. The molecule has 1 atom stereocenters. The molecule has 0 unspecified atom stereocenters. The number of aromatic nitrogens is 6. The summed E-state index contributed by atoms with van der Waals surface area (Å²) in [6.45, 7) is 10.8. The number of fused-ring (bicyclic) bond motifs is 1. The molecule has 4 heterocycles. The van der Waals surface area contributed by atoms with Gasteiger partial charge in [-0.15, -0.1) is 0 Å². The minimum Gasteiger partial charge on any atom is -0.348 e. The lowest BCUT2D eigenvalue weighted by molar-refractivity contribution is -0.117. The molecule has 3 aromatic heterocycles. The molecule has 0 aromatic carbocycles. The Morgan fingerprint density at radius 1 is 1.36 bits per heavy atom. The summed E-state index contributed by atoms with van der Waals surface area (Å²) in [7, 11) is 4.08. The van der Waals surface area contributed by atoms with Crippen LogP contribution in [0.2, 0.25) is 0 Å². The third-order valence-electron chi connectivity index (χ3n) is 5.64. The van der Waals surface area contributed by atoms with E-state index in [4.69, 9.17) is 9.97 Å². The predicted molar refractivity (Wildman–Crippen MR) is 129 cm³/mol. The lowest BCUT2D eigenvalue weighted by atomic mass is 10.2. The van der Waals surface area contributed by atoms with Gasteiger partial charge >= 0.3 is 0 Å². The first-order chi connectivity index (χ1) is 15.8. The number of carbonyl (C=O) groups is 1. The molecule has 2 N–H and O–H groups in total. The van der Waals surface area contributed by atoms with E-state index in [1.54, 1.807) is 12.5 Å². The van der Waals surface area contributed by atoms with Crippen LogP contribution in [0, 0.1) is 0 Å². The molecule has 11 heteroatoms. The Kier molecular flexibility index (Phi) is 6.59. The van der Waals surface area contributed by atoms with Crippen molar-refractivity contribution in [2.75, 3.05) is 43.9 Å². The van der Waals surface area contributed by atoms with E-state index in [1.807, 2.05) is 29.5 Å². The van der Waals surface area contributed by atoms with Crippen molar-refractivity contribution in [2.45, 2.75) is 38.9 Å². The first kappa shape index (κ1) is 22.7. The van der Waals surface area contributed by atoms with Crippen LogP contribution >= 0.6 is 0 Å². The van der Waals surface area contributed by atoms with Crippen LogP contribution in [0.1, 0.15) is 26.3 Å². The van der Waals surface area contributed by atoms with E-state index in [2.05, 4.69) is 50.9 Å². The fourth-order valence-corrected chi connectivity index (χ4v) is 3.82. The van der Waals surface area contributed by atoms with Gasteiger partial charge in [0.15, 0.2) is 17.0 Å². The third kappa shape index (κ3) is 5.14. The van der Waals surface area contributed by atoms with Crippen molar-refractivity contribution in [1.82, 2.24) is 39.5 Å². The van der Waals surface area contributed by atoms with Crippen molar-refractivity contribution in [3.05, 3.63) is 31.4 Å². The molecule has 0 radical (unpaired) electrons. The SMILES string of the molecule is C=CC(=O)N[C@H]1CCN(c2nc(Nc3cnn(CCN(C)C)c3)c3ncn(C(C)C)c3n2)C1. The van der Waals surface area contributed by atoms with Crippen molar-refractivity contribution in [3.8, 4) is 0 Å². The van der Waals surface area contributed by atoms with Gasteiger partial charge in [-0.1, -0.05) is 6.58 Å². The Morgan fingerprint density at radius 3 is 2.91 bits per heavy atom. The fraction of sp³-hybridized carbons (Fsp3) is 0.500. The number of carbonyl (C=O) groups excluding carboxylic acids is 1. The van der Waals surface area contributed by atoms with Gasteiger partial charge in [0, 0.05) is 37.9 Å². The number of likely N-dealkylation sites (N-methyl/N-ethyl adjacent to an activating group) is 1. The third-order valence-corrected chi connectivity index (χ3v) is 5.64. The highest BCUT2D eigenvalue weighted by molar-refractivity contribution is 5.87. The zero-order chi connectivity index (χ0) is 23.5. The summed E-state index contributed by atoms with van der Waals surface area (Å²) in [5, 5.41) is 10.8. The Bertz CT molecular complexity index is 1130. The summed E-state index contributed by atoms with van der Waals surface area (Å²) in [4.78, 5) is 30.2. The van der Waals surface area contributed by atoms with Gasteiger partial charge in [-0.3, -0.25) is 9.48 Å². The second kappa shape index (κ2) is 9.57. The number of anilines is 3. The first-order valence-corrected chi connectivity index (χ1v) is 11.2. The molecule has 1 aliphatic rings. The van der Waals surface area contributed by atoms with Gasteiger partial charge in [-0.25, -0.2) is 4.98 Å². The fourth-order valence-electron chi connectivity index (χ4n) is 3.82. The highest BCUT2D eigenvalue weighted by Gasteiger charge is 2.27. The van der Waals surface area contributed by atoms with Crippen molar-refractivity contribution in [1.29, 1.82) is 0 Å². The molecule has 4 rings (SSSR count). The molecule has 0 aliphatic carbocycles. The Morgan fingerprint density at radius 2 is 2.18 bits per heavy atom. The van der Waals surface area contributed by atoms with Gasteiger partial charge in [0.2, 0.25) is 11.9 Å². The molecule has 0 saturated carbocycles. The minimum absolute atomic E-state index is 0.0381. The molecule has 0 spiro atoms. The van der Waals surface area contributed by atoms with E-state index in [0.29, 0.717) is 23.8 Å². The smallest absolute Gasteiger partial charge is 0.243 e. The Labute approximate surface area is 193 Å². The van der Waals surface area contributed by atoms with Crippen LogP contribution in [-0.4, -0.2) is 79.9 Å². The highest BCUT2D eigenvalue weighted by atomic mass is 16.1. The number of amides is 1. The zero-order valence-corrected chi connectivity index (χ0v) is 19.7. The lowest BCUT2D eigenvalue weighted by Crippen LogP contribution is -2.36. The topological polar surface area (TPSA) is 109 Å². The summed E-state index contributed by atoms with van der Waals surface area (Å²) in [6, 6.07) is 0.244. The van der Waals surface area contributed by atoms with E-state index < -0.39 is 0 Å². The molecule has 0 bridgehead atoms. The van der Waals surface area contributed by atoms with Crippen molar-refractivity contribution < 1.29 is 4.79 Å². The summed E-state index contributed by atoms with van der Waals surface area (Å²) in [5.41, 5.74) is 2.33. The summed E-state index contributed by atoms with van der Waals surface area (Å²) in [6.07, 6.45) is 7.68. The van der Waals surface area contributed by atoms with Crippen LogP contribution in [0.5, 0.6) is 0 Å². The zero-order valence-electron chi connectivity index (χ0n) is 19.7. The number of nitrogens with one attached hydrogen (secondary N) is 2. The predicted octanol–water partition coefficient (Wildman–Crippen LogP) is 1.79. The number of rotatable bonds is 9. The first-order valence-electron chi connectivity index (χ1n) is 11.2. The number of hydrogen-bond acceptors (Lipinski definition) is 8. The quantitative estimate of drug-likeness (QED) is 0.473. The molecule has 11 nitrogen and oxygen atoms in total. The normalized spacial score (nSPS) is 16.2. The summed E-state index contributed by atoms with van der Waals surface area (Å²) >= 11 is 0. The van der Waals surface area contributed by atoms with E-state index in [-0.39, 0.29) is 18.0 Å². The molecule has 1 aliphatic heterocycles. The van der Waals surface area contributed by atoms with Gasteiger partial charge in [0.05, 0.1) is 24.8 Å². The minimum atomic E-state index is -0.162. The molecule has 1 fully saturated rings. The van der Waals surface area contributed by atoms with E-state index in [1.165, 1.54) is 6.08 Å². The molecule has 3 aromatic rings. The van der Waals surface area contributed by atoms with E-state index in [9.17, 15) is 4.79 Å². The summed E-state index contributed by atoms with van der Waals surface area (Å²) in [5.74, 6) is 1.09. The maximum absolute atomic E-state index is 11.7. The number of hydrogen-bond donors (Lipinski definition) is 2. The second-order valence-corrected chi connectivity index (χ2v) is 8.85. The monoisotopic (exact) mass is 452 g/mol. The Hall–Kier alpha value is -3.47. The van der Waals surface area contributed by atoms with Crippen molar-refractivity contribution >= 4 is 34.5 Å². The van der Waals surface area contributed by atoms with Crippen LogP contribution in [0.25, 0.3) is 11.2 Å². The average Bonchev–Trinajstić information content (AvgIpc) is 3.51. The molecule has 33 heavy (non-hydrogen) atoms. The van der Waals surface area contributed by atoms with Crippen LogP contribution in [-0.2, 0) is 11.3 Å². The lowest BCUT2D eigenvalue weighted by Gasteiger charge is -2.18.